The third kappa shape index (κ3) is 6.89. The number of esters is 1. The smallest absolute Gasteiger partial charge is 0.428 e. The van der Waals surface area contributed by atoms with Crippen LogP contribution in [0, 0.1) is 0 Å². The van der Waals surface area contributed by atoms with Gasteiger partial charge in [0.25, 0.3) is 0 Å². The van der Waals surface area contributed by atoms with Gasteiger partial charge in [-0.25, -0.2) is 9.59 Å². The lowest BCUT2D eigenvalue weighted by Gasteiger charge is -2.20. The molecule has 0 bridgehead atoms. The average molecular weight is 437 g/mol. The molecule has 0 aliphatic heterocycles. The maximum Gasteiger partial charge on any atom is 0.514 e. The minimum Gasteiger partial charge on any atom is -0.428 e. The van der Waals surface area contributed by atoms with Gasteiger partial charge in [0.15, 0.2) is 0 Å². The fourth-order valence-corrected chi connectivity index (χ4v) is 3.61. The summed E-state index contributed by atoms with van der Waals surface area (Å²) in [5.74, 6) is 0.394. The highest BCUT2D eigenvalue weighted by Crippen LogP contribution is 2.30. The van der Waals surface area contributed by atoms with Crippen molar-refractivity contribution in [3.63, 3.8) is 0 Å². The van der Waals surface area contributed by atoms with Crippen molar-refractivity contribution in [2.75, 3.05) is 0 Å². The van der Waals surface area contributed by atoms with E-state index >= 15 is 0 Å². The molecular weight excluding hydrogens is 412 g/mol. The van der Waals surface area contributed by atoms with Gasteiger partial charge in [0, 0.05) is 10.6 Å². The highest BCUT2D eigenvalue weighted by Gasteiger charge is 2.24. The molecular formula is C25H24O5S. The Morgan fingerprint density at radius 3 is 2.10 bits per heavy atom. The molecule has 0 fully saturated rings. The van der Waals surface area contributed by atoms with Gasteiger partial charge in [0.2, 0.25) is 0 Å². The number of carbonyl (C=O) groups excluding carboxylic acids is 2. The van der Waals surface area contributed by atoms with Gasteiger partial charge in [0.1, 0.15) is 22.7 Å². The van der Waals surface area contributed by atoms with Gasteiger partial charge in [-0.3, -0.25) is 0 Å². The molecule has 0 aliphatic rings. The van der Waals surface area contributed by atoms with Crippen molar-refractivity contribution in [2.24, 2.45) is 0 Å². The number of carbonyl (C=O) groups is 2. The Hall–Kier alpha value is -3.25. The number of hydrogen-bond donors (Lipinski definition) is 0. The predicted molar refractivity (Wildman–Crippen MR) is 121 cm³/mol. The average Bonchev–Trinajstić information content (AvgIpc) is 2.72. The molecule has 0 aliphatic carbocycles. The lowest BCUT2D eigenvalue weighted by molar-refractivity contribution is 0.0204. The molecule has 160 valence electrons. The first-order valence-electron chi connectivity index (χ1n) is 9.79. The van der Waals surface area contributed by atoms with E-state index in [1.165, 1.54) is 0 Å². The van der Waals surface area contributed by atoms with Gasteiger partial charge in [0.05, 0.1) is 0 Å². The monoisotopic (exact) mass is 436 g/mol. The second-order valence-corrected chi connectivity index (χ2v) is 8.71. The summed E-state index contributed by atoms with van der Waals surface area (Å²) < 4.78 is 16.2. The molecule has 0 spiro atoms. The summed E-state index contributed by atoms with van der Waals surface area (Å²) in [6, 6.07) is 23.7. The van der Waals surface area contributed by atoms with Gasteiger partial charge in [-0.2, -0.15) is 0 Å². The second-order valence-electron chi connectivity index (χ2n) is 7.66. The van der Waals surface area contributed by atoms with Gasteiger partial charge < -0.3 is 14.2 Å². The van der Waals surface area contributed by atoms with Gasteiger partial charge in [-0.05, 0) is 56.7 Å². The first kappa shape index (κ1) is 22.4. The van der Waals surface area contributed by atoms with Crippen LogP contribution in [0.4, 0.5) is 4.79 Å². The van der Waals surface area contributed by atoms with Crippen LogP contribution in [-0.2, 0) is 10.5 Å². The molecule has 0 amide bonds. The third-order valence-corrected chi connectivity index (χ3v) is 5.05. The zero-order chi connectivity index (χ0) is 22.3. The van der Waals surface area contributed by atoms with Crippen LogP contribution in [0.1, 0.15) is 36.7 Å². The van der Waals surface area contributed by atoms with Crippen LogP contribution in [-0.4, -0.2) is 17.7 Å². The van der Waals surface area contributed by atoms with Crippen LogP contribution >= 0.6 is 11.8 Å². The van der Waals surface area contributed by atoms with E-state index in [1.807, 2.05) is 42.5 Å². The summed E-state index contributed by atoms with van der Waals surface area (Å²) in [6.45, 7) is 5.23. The summed E-state index contributed by atoms with van der Waals surface area (Å²) in [4.78, 5) is 26.4. The SMILES string of the molecule is CC(C)(C)OC(=O)Oc1cccc(CSc2ccccc2)c1C(=O)Oc1ccccc1. The molecule has 3 rings (SSSR count). The van der Waals surface area contributed by atoms with Crippen molar-refractivity contribution in [3.8, 4) is 11.5 Å². The van der Waals surface area contributed by atoms with Crippen molar-refractivity contribution in [1.82, 2.24) is 0 Å². The standard InChI is InChI=1S/C25H24O5S/c1-25(2,3)30-24(27)29-21-16-10-11-18(17-31-20-14-8-5-9-15-20)22(21)23(26)28-19-12-6-4-7-13-19/h4-16H,17H2,1-3H3. The molecule has 0 radical (unpaired) electrons. The first-order valence-corrected chi connectivity index (χ1v) is 10.8. The van der Waals surface area contributed by atoms with E-state index in [1.54, 1.807) is 68.9 Å². The lowest BCUT2D eigenvalue weighted by Crippen LogP contribution is -2.26. The van der Waals surface area contributed by atoms with Crippen LogP contribution in [0.2, 0.25) is 0 Å². The highest BCUT2D eigenvalue weighted by atomic mass is 32.2. The fraction of sp³-hybridized carbons (Fsp3) is 0.200. The zero-order valence-corrected chi connectivity index (χ0v) is 18.5. The number of hydrogen-bond acceptors (Lipinski definition) is 6. The van der Waals surface area contributed by atoms with Crippen molar-refractivity contribution < 1.29 is 23.8 Å². The van der Waals surface area contributed by atoms with Crippen LogP contribution in [0.3, 0.4) is 0 Å². The Morgan fingerprint density at radius 2 is 1.45 bits per heavy atom. The maximum atomic E-state index is 13.1. The topological polar surface area (TPSA) is 61.8 Å². The predicted octanol–water partition coefficient (Wildman–Crippen LogP) is 6.51. The third-order valence-electron chi connectivity index (χ3n) is 3.99. The van der Waals surface area contributed by atoms with E-state index in [9.17, 15) is 9.59 Å². The van der Waals surface area contributed by atoms with E-state index < -0.39 is 17.7 Å². The Bertz CT molecular complexity index is 1030. The minimum atomic E-state index is -0.880. The lowest BCUT2D eigenvalue weighted by atomic mass is 10.1. The van der Waals surface area contributed by atoms with E-state index in [4.69, 9.17) is 14.2 Å². The van der Waals surface area contributed by atoms with Crippen LogP contribution in [0.25, 0.3) is 0 Å². The number of benzene rings is 3. The van der Waals surface area contributed by atoms with Gasteiger partial charge >= 0.3 is 12.1 Å². The largest absolute Gasteiger partial charge is 0.514 e. The molecule has 31 heavy (non-hydrogen) atoms. The Balaban J connectivity index is 1.89. The molecule has 0 saturated carbocycles. The first-order chi connectivity index (χ1) is 14.8. The molecule has 3 aromatic rings. The molecule has 3 aromatic carbocycles. The van der Waals surface area contributed by atoms with Crippen LogP contribution in [0.5, 0.6) is 11.5 Å². The minimum absolute atomic E-state index is 0.0985. The van der Waals surface area contributed by atoms with Crippen molar-refractivity contribution in [2.45, 2.75) is 37.0 Å². The van der Waals surface area contributed by atoms with Crippen LogP contribution < -0.4 is 9.47 Å². The number of ether oxygens (including phenoxy) is 3. The molecule has 0 unspecified atom stereocenters. The summed E-state index contributed by atoms with van der Waals surface area (Å²) >= 11 is 1.57. The maximum absolute atomic E-state index is 13.1. The molecule has 0 aromatic heterocycles. The van der Waals surface area contributed by atoms with Crippen molar-refractivity contribution in [3.05, 3.63) is 90.0 Å². The van der Waals surface area contributed by atoms with E-state index in [0.717, 1.165) is 4.90 Å². The molecule has 0 heterocycles. The van der Waals surface area contributed by atoms with Crippen molar-refractivity contribution >= 4 is 23.9 Å². The Kier molecular flexibility index (Phi) is 7.36. The summed E-state index contributed by atoms with van der Waals surface area (Å²) in [7, 11) is 0. The summed E-state index contributed by atoms with van der Waals surface area (Å²) in [6.07, 6.45) is -0.880. The van der Waals surface area contributed by atoms with Gasteiger partial charge in [-0.15, -0.1) is 11.8 Å². The molecule has 0 atom stereocenters. The zero-order valence-electron chi connectivity index (χ0n) is 17.7. The van der Waals surface area contributed by atoms with E-state index in [2.05, 4.69) is 0 Å². The summed E-state index contributed by atoms with van der Waals surface area (Å²) in [5.41, 5.74) is 0.166. The van der Waals surface area contributed by atoms with E-state index in [0.29, 0.717) is 17.1 Å². The number of para-hydroxylation sites is 1. The molecule has 0 saturated heterocycles. The van der Waals surface area contributed by atoms with Crippen molar-refractivity contribution in [1.29, 1.82) is 0 Å². The molecule has 5 nitrogen and oxygen atoms in total. The Morgan fingerprint density at radius 1 is 0.806 bits per heavy atom. The molecule has 0 N–H and O–H groups in total. The number of rotatable bonds is 6. The number of thioether (sulfide) groups is 1. The normalized spacial score (nSPS) is 10.9. The second kappa shape index (κ2) is 10.2. The Labute approximate surface area is 186 Å². The highest BCUT2D eigenvalue weighted by molar-refractivity contribution is 7.98. The van der Waals surface area contributed by atoms with Gasteiger partial charge in [-0.1, -0.05) is 48.5 Å². The quantitative estimate of drug-likeness (QED) is 0.190. The van der Waals surface area contributed by atoms with Crippen LogP contribution in [0.15, 0.2) is 83.8 Å². The van der Waals surface area contributed by atoms with E-state index in [-0.39, 0.29) is 11.3 Å². The molecule has 6 heteroatoms. The summed E-state index contributed by atoms with van der Waals surface area (Å²) in [5, 5.41) is 0. The fourth-order valence-electron chi connectivity index (χ4n) is 2.70.